The summed E-state index contributed by atoms with van der Waals surface area (Å²) in [5.41, 5.74) is 1.57. The number of amides is 1. The summed E-state index contributed by atoms with van der Waals surface area (Å²) < 4.78 is 7.38. The summed E-state index contributed by atoms with van der Waals surface area (Å²) in [7, 11) is 0. The minimum atomic E-state index is 0.0913. The Kier molecular flexibility index (Phi) is 4.18. The molecular formula is C20H22N6O2. The van der Waals surface area contributed by atoms with Crippen LogP contribution in [0.3, 0.4) is 0 Å². The maximum absolute atomic E-state index is 13.0. The number of carbonyl (C=O) groups is 1. The van der Waals surface area contributed by atoms with Crippen LogP contribution in [0.1, 0.15) is 54.8 Å². The van der Waals surface area contributed by atoms with Crippen molar-refractivity contribution in [1.29, 1.82) is 0 Å². The molecule has 5 heterocycles. The first-order valence-corrected chi connectivity index (χ1v) is 9.82. The normalized spacial score (nSPS) is 23.9. The Morgan fingerprint density at radius 2 is 1.96 bits per heavy atom. The highest BCUT2D eigenvalue weighted by Gasteiger charge is 2.45. The van der Waals surface area contributed by atoms with Crippen molar-refractivity contribution in [3.05, 3.63) is 48.4 Å². The summed E-state index contributed by atoms with van der Waals surface area (Å²) >= 11 is 0. The lowest BCUT2D eigenvalue weighted by molar-refractivity contribution is 0.0555. The van der Waals surface area contributed by atoms with Crippen molar-refractivity contribution < 1.29 is 9.32 Å². The average Bonchev–Trinajstić information content (AvgIpc) is 3.46. The molecule has 2 fully saturated rings. The zero-order chi connectivity index (χ0) is 19.1. The topological polar surface area (TPSA) is 89.9 Å². The van der Waals surface area contributed by atoms with Gasteiger partial charge >= 0.3 is 0 Å². The molecule has 28 heavy (non-hydrogen) atoms. The number of hydrogen-bond donors (Lipinski definition) is 0. The molecule has 0 spiro atoms. The molecule has 3 atom stereocenters. The predicted octanol–water partition coefficient (Wildman–Crippen LogP) is 2.90. The second-order valence-electron chi connectivity index (χ2n) is 7.54. The quantitative estimate of drug-likeness (QED) is 0.693. The summed E-state index contributed by atoms with van der Waals surface area (Å²) in [6.07, 6.45) is 10.7. The second-order valence-corrected chi connectivity index (χ2v) is 7.54. The number of nitrogens with zero attached hydrogens (tertiary/aromatic N) is 6. The molecule has 0 N–H and O–H groups in total. The third-order valence-corrected chi connectivity index (χ3v) is 5.90. The van der Waals surface area contributed by atoms with Gasteiger partial charge in [0.05, 0.1) is 11.8 Å². The van der Waals surface area contributed by atoms with E-state index in [1.807, 2.05) is 25.3 Å². The van der Waals surface area contributed by atoms with Gasteiger partial charge in [0.1, 0.15) is 0 Å². The molecule has 0 saturated carbocycles. The van der Waals surface area contributed by atoms with Crippen LogP contribution in [0, 0.1) is 0 Å². The zero-order valence-electron chi connectivity index (χ0n) is 15.7. The minimum Gasteiger partial charge on any atom is -0.339 e. The summed E-state index contributed by atoms with van der Waals surface area (Å²) in [6.45, 7) is 2.78. The highest BCUT2D eigenvalue weighted by Crippen LogP contribution is 2.43. The zero-order valence-corrected chi connectivity index (χ0v) is 15.7. The highest BCUT2D eigenvalue weighted by molar-refractivity contribution is 5.94. The molecule has 8 heteroatoms. The van der Waals surface area contributed by atoms with Crippen LogP contribution in [0.2, 0.25) is 0 Å². The van der Waals surface area contributed by atoms with E-state index in [1.165, 1.54) is 0 Å². The number of fused-ring (bicyclic) bond motifs is 2. The Balaban J connectivity index is 1.33. The summed E-state index contributed by atoms with van der Waals surface area (Å²) in [5, 5.41) is 8.39. The van der Waals surface area contributed by atoms with Gasteiger partial charge in [-0.25, -0.2) is 0 Å². The Morgan fingerprint density at radius 3 is 2.64 bits per heavy atom. The van der Waals surface area contributed by atoms with Crippen LogP contribution in [0.5, 0.6) is 0 Å². The fraction of sp³-hybridized carbons (Fsp3) is 0.450. The van der Waals surface area contributed by atoms with Gasteiger partial charge in [-0.1, -0.05) is 5.16 Å². The number of pyridine rings is 1. The number of piperidine rings is 1. The highest BCUT2D eigenvalue weighted by atomic mass is 16.5. The van der Waals surface area contributed by atoms with Crippen LogP contribution in [0.25, 0.3) is 11.4 Å². The Hall–Kier alpha value is -3.03. The lowest BCUT2D eigenvalue weighted by atomic mass is 9.90. The van der Waals surface area contributed by atoms with Crippen LogP contribution in [-0.2, 0) is 6.54 Å². The van der Waals surface area contributed by atoms with Gasteiger partial charge in [0.2, 0.25) is 11.7 Å². The van der Waals surface area contributed by atoms with E-state index in [0.29, 0.717) is 17.3 Å². The van der Waals surface area contributed by atoms with E-state index in [0.717, 1.165) is 37.8 Å². The third-order valence-electron chi connectivity index (χ3n) is 5.90. The van der Waals surface area contributed by atoms with Gasteiger partial charge in [-0.2, -0.15) is 10.1 Å². The monoisotopic (exact) mass is 378 g/mol. The van der Waals surface area contributed by atoms with Gasteiger partial charge in [-0.3, -0.25) is 14.5 Å². The van der Waals surface area contributed by atoms with E-state index in [-0.39, 0.29) is 23.9 Å². The van der Waals surface area contributed by atoms with Crippen LogP contribution < -0.4 is 0 Å². The van der Waals surface area contributed by atoms with Crippen molar-refractivity contribution in [3.63, 3.8) is 0 Å². The predicted molar refractivity (Wildman–Crippen MR) is 100 cm³/mol. The minimum absolute atomic E-state index is 0.0913. The Labute approximate surface area is 162 Å². The van der Waals surface area contributed by atoms with Crippen molar-refractivity contribution in [2.75, 3.05) is 0 Å². The molecule has 0 aliphatic carbocycles. The maximum atomic E-state index is 13.0. The smallest absolute Gasteiger partial charge is 0.257 e. The molecule has 1 unspecified atom stereocenters. The molecule has 3 aromatic heterocycles. The van der Waals surface area contributed by atoms with Gasteiger partial charge < -0.3 is 9.42 Å². The van der Waals surface area contributed by atoms with Crippen molar-refractivity contribution in [3.8, 4) is 11.4 Å². The van der Waals surface area contributed by atoms with Crippen LogP contribution in [0.15, 0.2) is 41.4 Å². The van der Waals surface area contributed by atoms with Crippen LogP contribution >= 0.6 is 0 Å². The van der Waals surface area contributed by atoms with Gasteiger partial charge in [-0.05, 0) is 44.7 Å². The number of aryl methyl sites for hydroxylation is 1. The fourth-order valence-electron chi connectivity index (χ4n) is 4.53. The largest absolute Gasteiger partial charge is 0.339 e. The average molecular weight is 378 g/mol. The van der Waals surface area contributed by atoms with Crippen molar-refractivity contribution in [1.82, 2.24) is 29.8 Å². The molecule has 0 radical (unpaired) electrons. The number of carbonyl (C=O) groups excluding carboxylic acids is 1. The first-order valence-electron chi connectivity index (χ1n) is 9.82. The molecule has 5 rings (SSSR count). The van der Waals surface area contributed by atoms with Crippen LogP contribution in [-0.4, -0.2) is 47.8 Å². The first-order chi connectivity index (χ1) is 13.7. The lowest BCUT2D eigenvalue weighted by Crippen LogP contribution is -2.46. The summed E-state index contributed by atoms with van der Waals surface area (Å²) in [5.74, 6) is 1.56. The van der Waals surface area contributed by atoms with Gasteiger partial charge in [0.25, 0.3) is 5.91 Å². The molecule has 3 aromatic rings. The molecule has 8 nitrogen and oxygen atoms in total. The molecule has 2 aliphatic heterocycles. The second kappa shape index (κ2) is 6.85. The molecule has 2 aliphatic rings. The number of aromatic nitrogens is 5. The lowest BCUT2D eigenvalue weighted by Gasteiger charge is -2.37. The van der Waals surface area contributed by atoms with E-state index in [4.69, 9.17) is 4.52 Å². The number of hydrogen-bond acceptors (Lipinski definition) is 6. The van der Waals surface area contributed by atoms with Crippen LogP contribution in [0.4, 0.5) is 0 Å². The molecule has 2 saturated heterocycles. The third kappa shape index (κ3) is 2.89. The SMILES string of the molecule is CCn1cc(C(=O)N2[C@@H]3CC[C@H]2CC(c2nc(-c4ccncc4)no2)C3)cn1. The van der Waals surface area contributed by atoms with Crippen molar-refractivity contribution in [2.45, 2.75) is 57.2 Å². The summed E-state index contributed by atoms with van der Waals surface area (Å²) in [4.78, 5) is 23.7. The standard InChI is InChI=1S/C20H22N6O2/c1-2-25-12-15(11-22-25)20(27)26-16-3-4-17(26)10-14(9-16)19-23-18(24-28-19)13-5-7-21-8-6-13/h5-8,11-12,14,16-17H,2-4,9-10H2,1H3/t14?,16-,17+. The molecular weight excluding hydrogens is 356 g/mol. The van der Waals surface area contributed by atoms with Crippen molar-refractivity contribution in [2.24, 2.45) is 0 Å². The Morgan fingerprint density at radius 1 is 1.21 bits per heavy atom. The van der Waals surface area contributed by atoms with E-state index in [9.17, 15) is 4.79 Å². The van der Waals surface area contributed by atoms with E-state index >= 15 is 0 Å². The molecule has 2 bridgehead atoms. The van der Waals surface area contributed by atoms with Gasteiger partial charge in [0.15, 0.2) is 0 Å². The van der Waals surface area contributed by atoms with E-state index < -0.39 is 0 Å². The van der Waals surface area contributed by atoms with Crippen molar-refractivity contribution >= 4 is 5.91 Å². The molecule has 0 aromatic carbocycles. The first kappa shape index (κ1) is 17.1. The molecule has 144 valence electrons. The van der Waals surface area contributed by atoms with E-state index in [2.05, 4.69) is 25.1 Å². The Bertz CT molecular complexity index is 968. The van der Waals surface area contributed by atoms with Gasteiger partial charge in [0, 0.05) is 48.7 Å². The van der Waals surface area contributed by atoms with E-state index in [1.54, 1.807) is 23.3 Å². The number of rotatable bonds is 4. The van der Waals surface area contributed by atoms with Gasteiger partial charge in [-0.15, -0.1) is 0 Å². The molecule has 1 amide bonds. The fourth-order valence-corrected chi connectivity index (χ4v) is 4.53. The maximum Gasteiger partial charge on any atom is 0.257 e. The summed E-state index contributed by atoms with van der Waals surface area (Å²) in [6, 6.07) is 4.18.